The molecule has 0 bridgehead atoms. The third-order valence-electron chi connectivity index (χ3n) is 2.16. The lowest BCUT2D eigenvalue weighted by atomic mass is 10.3. The van der Waals surface area contributed by atoms with E-state index >= 15 is 0 Å². The summed E-state index contributed by atoms with van der Waals surface area (Å²) in [5, 5.41) is 18.5. The fourth-order valence-electron chi connectivity index (χ4n) is 1.32. The Morgan fingerprint density at radius 3 is 2.65 bits per heavy atom. The van der Waals surface area contributed by atoms with Crippen molar-refractivity contribution in [2.75, 3.05) is 4.72 Å². The first-order valence-electron chi connectivity index (χ1n) is 5.06. The Bertz CT molecular complexity index is 774. The highest BCUT2D eigenvalue weighted by Gasteiger charge is 2.22. The van der Waals surface area contributed by atoms with Crippen molar-refractivity contribution >= 4 is 43.8 Å². The van der Waals surface area contributed by atoms with Gasteiger partial charge in [0.05, 0.1) is 9.95 Å². The van der Waals surface area contributed by atoms with Crippen LogP contribution in [0.5, 0.6) is 0 Å². The van der Waals surface area contributed by atoms with Crippen molar-refractivity contribution in [2.45, 2.75) is 11.8 Å². The van der Waals surface area contributed by atoms with Crippen molar-refractivity contribution in [3.63, 3.8) is 0 Å². The van der Waals surface area contributed by atoms with E-state index in [2.05, 4.69) is 14.9 Å². The van der Waals surface area contributed by atoms with Crippen LogP contribution in [0.1, 0.15) is 5.01 Å². The minimum Gasteiger partial charge on any atom is -0.258 e. The smallest absolute Gasteiger partial charge is 0.258 e. The summed E-state index contributed by atoms with van der Waals surface area (Å²) in [6, 6.07) is 3.16. The molecule has 0 atom stereocenters. The normalized spacial score (nSPS) is 11.3. The maximum Gasteiger partial charge on any atom is 0.270 e. The van der Waals surface area contributed by atoms with Crippen molar-refractivity contribution in [2.24, 2.45) is 0 Å². The van der Waals surface area contributed by atoms with E-state index in [1.807, 2.05) is 0 Å². The zero-order valence-corrected chi connectivity index (χ0v) is 12.3. The number of halogens is 1. The monoisotopic (exact) mass is 334 g/mol. The van der Waals surface area contributed by atoms with E-state index in [4.69, 9.17) is 11.6 Å². The molecule has 1 aromatic heterocycles. The first-order valence-corrected chi connectivity index (χ1v) is 7.74. The number of nitro benzene ring substituents is 1. The predicted molar refractivity (Wildman–Crippen MR) is 73.6 cm³/mol. The van der Waals surface area contributed by atoms with Crippen molar-refractivity contribution in [3.05, 3.63) is 38.3 Å². The largest absolute Gasteiger partial charge is 0.270 e. The minimum atomic E-state index is -4.07. The van der Waals surface area contributed by atoms with Crippen molar-refractivity contribution in [1.82, 2.24) is 10.2 Å². The number of nitrogens with one attached hydrogen (secondary N) is 1. The van der Waals surface area contributed by atoms with Crippen LogP contribution in [0.2, 0.25) is 5.02 Å². The van der Waals surface area contributed by atoms with Gasteiger partial charge in [-0.05, 0) is 13.0 Å². The second-order valence-electron chi connectivity index (χ2n) is 3.60. The lowest BCUT2D eigenvalue weighted by Crippen LogP contribution is -2.13. The molecule has 8 nitrogen and oxygen atoms in total. The van der Waals surface area contributed by atoms with Crippen LogP contribution in [0.3, 0.4) is 0 Å². The van der Waals surface area contributed by atoms with Gasteiger partial charge in [0.2, 0.25) is 5.13 Å². The van der Waals surface area contributed by atoms with Gasteiger partial charge >= 0.3 is 0 Å². The number of aryl methyl sites for hydroxylation is 1. The third-order valence-corrected chi connectivity index (χ3v) is 4.87. The van der Waals surface area contributed by atoms with E-state index in [-0.39, 0.29) is 20.7 Å². The van der Waals surface area contributed by atoms with Crippen molar-refractivity contribution in [1.29, 1.82) is 0 Å². The van der Waals surface area contributed by atoms with E-state index in [9.17, 15) is 18.5 Å². The fraction of sp³-hybridized carbons (Fsp3) is 0.111. The zero-order valence-electron chi connectivity index (χ0n) is 9.90. The molecule has 11 heteroatoms. The van der Waals surface area contributed by atoms with Crippen LogP contribution in [0.15, 0.2) is 23.1 Å². The number of non-ortho nitro benzene ring substituents is 1. The number of hydrogen-bond acceptors (Lipinski definition) is 7. The Hall–Kier alpha value is -1.78. The van der Waals surface area contributed by atoms with Crippen LogP contribution in [0.25, 0.3) is 0 Å². The summed E-state index contributed by atoms with van der Waals surface area (Å²) >= 11 is 6.82. The Balaban J connectivity index is 2.43. The average Bonchev–Trinajstić information content (AvgIpc) is 2.73. The van der Waals surface area contributed by atoms with Gasteiger partial charge in [0.1, 0.15) is 9.90 Å². The molecule has 0 saturated heterocycles. The highest BCUT2D eigenvalue weighted by atomic mass is 35.5. The molecule has 0 radical (unpaired) electrons. The first kappa shape index (κ1) is 14.6. The molecule has 0 spiro atoms. The van der Waals surface area contributed by atoms with Gasteiger partial charge in [-0.1, -0.05) is 22.9 Å². The predicted octanol–water partition coefficient (Wildman–Crippen LogP) is 2.21. The Morgan fingerprint density at radius 1 is 1.40 bits per heavy atom. The molecule has 106 valence electrons. The van der Waals surface area contributed by atoms with E-state index < -0.39 is 14.9 Å². The summed E-state index contributed by atoms with van der Waals surface area (Å²) in [7, 11) is -4.07. The zero-order chi connectivity index (χ0) is 14.9. The van der Waals surface area contributed by atoms with Gasteiger partial charge in [0, 0.05) is 12.1 Å². The Morgan fingerprint density at radius 2 is 2.10 bits per heavy atom. The number of hydrogen-bond donors (Lipinski definition) is 1. The van der Waals surface area contributed by atoms with Gasteiger partial charge in [-0.2, -0.15) is 0 Å². The summed E-state index contributed by atoms with van der Waals surface area (Å²) in [6.07, 6.45) is 0. The maximum absolute atomic E-state index is 12.1. The van der Waals surface area contributed by atoms with Gasteiger partial charge in [-0.3, -0.25) is 14.8 Å². The summed E-state index contributed by atoms with van der Waals surface area (Å²) in [4.78, 5) is 9.59. The second kappa shape index (κ2) is 5.31. The number of nitrogens with zero attached hydrogens (tertiary/aromatic N) is 3. The Labute approximate surface area is 122 Å². The van der Waals surface area contributed by atoms with E-state index in [0.29, 0.717) is 5.01 Å². The Kier molecular flexibility index (Phi) is 3.88. The van der Waals surface area contributed by atoms with Gasteiger partial charge in [-0.15, -0.1) is 10.2 Å². The second-order valence-corrected chi connectivity index (χ2v) is 6.84. The maximum atomic E-state index is 12.1. The quantitative estimate of drug-likeness (QED) is 0.677. The molecule has 2 aromatic rings. The molecular weight excluding hydrogens is 328 g/mol. The third kappa shape index (κ3) is 3.03. The number of rotatable bonds is 4. The molecule has 0 saturated carbocycles. The van der Waals surface area contributed by atoms with Crippen LogP contribution >= 0.6 is 22.9 Å². The van der Waals surface area contributed by atoms with Crippen LogP contribution in [0.4, 0.5) is 10.8 Å². The molecule has 2 rings (SSSR count). The van der Waals surface area contributed by atoms with E-state index in [1.165, 1.54) is 0 Å². The summed E-state index contributed by atoms with van der Waals surface area (Å²) < 4.78 is 26.4. The molecule has 20 heavy (non-hydrogen) atoms. The van der Waals surface area contributed by atoms with E-state index in [1.54, 1.807) is 6.92 Å². The van der Waals surface area contributed by atoms with Gasteiger partial charge < -0.3 is 0 Å². The standard InChI is InChI=1S/C9H7ClN4O4S2/c1-5-11-12-9(19-5)13-20(17,18)8-4-6(14(15)16)2-3-7(8)10/h2-4H,1H3,(H,12,13). The fourth-order valence-corrected chi connectivity index (χ4v) is 3.66. The summed E-state index contributed by atoms with van der Waals surface area (Å²) in [5.74, 6) is 0. The van der Waals surface area contributed by atoms with Crippen LogP contribution in [-0.2, 0) is 10.0 Å². The molecule has 1 aromatic carbocycles. The molecule has 0 unspecified atom stereocenters. The topological polar surface area (TPSA) is 115 Å². The molecule has 0 aliphatic heterocycles. The summed E-state index contributed by atoms with van der Waals surface area (Å²) in [5.41, 5.74) is -0.372. The highest BCUT2D eigenvalue weighted by molar-refractivity contribution is 7.93. The molecule has 0 aliphatic carbocycles. The minimum absolute atomic E-state index is 0.0603. The number of anilines is 1. The van der Waals surface area contributed by atoms with Crippen molar-refractivity contribution < 1.29 is 13.3 Å². The summed E-state index contributed by atoms with van der Waals surface area (Å²) in [6.45, 7) is 1.66. The van der Waals surface area contributed by atoms with Crippen molar-refractivity contribution in [3.8, 4) is 0 Å². The number of nitro groups is 1. The van der Waals surface area contributed by atoms with E-state index in [0.717, 1.165) is 29.5 Å². The first-order chi connectivity index (χ1) is 9.29. The van der Waals surface area contributed by atoms with Crippen LogP contribution in [0, 0.1) is 17.0 Å². The molecule has 1 N–H and O–H groups in total. The van der Waals surface area contributed by atoms with Gasteiger partial charge in [-0.25, -0.2) is 8.42 Å². The average molecular weight is 335 g/mol. The molecule has 0 amide bonds. The van der Waals surface area contributed by atoms with Gasteiger partial charge in [0.25, 0.3) is 15.7 Å². The number of benzene rings is 1. The lowest BCUT2D eigenvalue weighted by Gasteiger charge is -2.06. The molecule has 0 aliphatic rings. The molecular formula is C9H7ClN4O4S2. The molecule has 0 fully saturated rings. The number of aromatic nitrogens is 2. The SMILES string of the molecule is Cc1nnc(NS(=O)(=O)c2cc([N+](=O)[O-])ccc2Cl)s1. The van der Waals surface area contributed by atoms with Crippen LogP contribution in [-0.4, -0.2) is 23.5 Å². The highest BCUT2D eigenvalue weighted by Crippen LogP contribution is 2.28. The van der Waals surface area contributed by atoms with Crippen LogP contribution < -0.4 is 4.72 Å². The molecule has 1 heterocycles. The number of sulfonamides is 1. The lowest BCUT2D eigenvalue weighted by molar-refractivity contribution is -0.385. The van der Waals surface area contributed by atoms with Gasteiger partial charge in [0.15, 0.2) is 0 Å².